The second kappa shape index (κ2) is 9.94. The van der Waals surface area contributed by atoms with E-state index in [2.05, 4.69) is 0 Å². The molecule has 0 bridgehead atoms. The Morgan fingerprint density at radius 1 is 0.951 bits per heavy atom. The Morgan fingerprint density at radius 3 is 2.10 bits per heavy atom. The maximum absolute atomic E-state index is 14.9. The van der Waals surface area contributed by atoms with Gasteiger partial charge in [-0.1, -0.05) is 29.8 Å². The zero-order valence-corrected chi connectivity index (χ0v) is 23.5. The Labute approximate surface area is 238 Å². The molecule has 0 N–H and O–H groups in total. The van der Waals surface area contributed by atoms with Gasteiger partial charge >= 0.3 is 18.0 Å². The van der Waals surface area contributed by atoms with Crippen molar-refractivity contribution in [1.82, 2.24) is 4.90 Å². The van der Waals surface area contributed by atoms with Crippen LogP contribution in [0.5, 0.6) is 0 Å². The molecule has 1 aliphatic carbocycles. The average Bonchev–Trinajstić information content (AvgIpc) is 3.42. The summed E-state index contributed by atoms with van der Waals surface area (Å²) in [7, 11) is -5.51. The summed E-state index contributed by atoms with van der Waals surface area (Å²) in [6.07, 6.45) is -12.7. The van der Waals surface area contributed by atoms with Crippen molar-refractivity contribution in [1.29, 1.82) is 0 Å². The molecule has 5 rings (SSSR count). The number of benzene rings is 2. The van der Waals surface area contributed by atoms with E-state index in [-0.39, 0.29) is 45.5 Å². The third-order valence-corrected chi connectivity index (χ3v) is 12.6. The lowest BCUT2D eigenvalue weighted by atomic mass is 9.90. The molecule has 5 nitrogen and oxygen atoms in total. The number of nitrogens with zero attached hydrogens (tertiary/aromatic N) is 1. The molecule has 2 aliphatic heterocycles. The first-order valence-electron chi connectivity index (χ1n) is 12.6. The number of likely N-dealkylation sites (tertiary alicyclic amines) is 1. The highest BCUT2D eigenvalue weighted by molar-refractivity contribution is 7.92. The Hall–Kier alpha value is -2.19. The molecule has 0 saturated carbocycles. The summed E-state index contributed by atoms with van der Waals surface area (Å²) in [6, 6.07) is 5.49. The van der Waals surface area contributed by atoms with Crippen LogP contribution in [0.2, 0.25) is 5.02 Å². The van der Waals surface area contributed by atoms with Crippen molar-refractivity contribution < 1.29 is 48.2 Å². The van der Waals surface area contributed by atoms with Crippen LogP contribution in [-0.2, 0) is 42.3 Å². The topological polar surface area (TPSA) is 71.5 Å². The summed E-state index contributed by atoms with van der Waals surface area (Å²) in [5, 5.41) is 0.228. The molecule has 2 saturated heterocycles. The first kappa shape index (κ1) is 30.3. The number of halogens is 8. The lowest BCUT2D eigenvalue weighted by Gasteiger charge is -2.35. The fourth-order valence-electron chi connectivity index (χ4n) is 6.36. The van der Waals surface area contributed by atoms with Crippen LogP contribution in [0.15, 0.2) is 47.4 Å². The van der Waals surface area contributed by atoms with Gasteiger partial charge in [-0.05, 0) is 61.1 Å². The maximum Gasteiger partial charge on any atom is 0.435 e. The standard InChI is InChI=1S/C26H23ClF7NO4S2/c27-18-2-4-19(5-3-18)41(38,39)23-9-10-35(22(36)15-7-11-40(37)12-8-15)21(23)14-16-13-17(1-6-20(16)23)24(28,25(29,30)31)26(32,33)34/h1-6,13,15,21H,7-12,14H2. The molecular formula is C26H23ClF7NO4S2. The van der Waals surface area contributed by atoms with E-state index >= 15 is 0 Å². The molecule has 3 aliphatic rings. The number of sulfone groups is 1. The molecule has 224 valence electrons. The van der Waals surface area contributed by atoms with Crippen LogP contribution in [0, 0.1) is 5.92 Å². The lowest BCUT2D eigenvalue weighted by molar-refractivity contribution is -0.348. The highest BCUT2D eigenvalue weighted by atomic mass is 35.5. The minimum absolute atomic E-state index is 0.0325. The molecule has 2 atom stereocenters. The highest BCUT2D eigenvalue weighted by Gasteiger charge is 2.74. The summed E-state index contributed by atoms with van der Waals surface area (Å²) in [5.74, 6) is -0.423. The Bertz CT molecular complexity index is 1490. The third kappa shape index (κ3) is 4.50. The van der Waals surface area contributed by atoms with Crippen molar-refractivity contribution in [2.45, 2.75) is 59.4 Å². The van der Waals surface area contributed by atoms with Crippen LogP contribution in [0.3, 0.4) is 0 Å². The lowest BCUT2D eigenvalue weighted by Crippen LogP contribution is -2.50. The van der Waals surface area contributed by atoms with Crippen molar-refractivity contribution in [3.05, 3.63) is 64.2 Å². The molecule has 1 amide bonds. The maximum atomic E-state index is 14.9. The van der Waals surface area contributed by atoms with Crippen molar-refractivity contribution in [3.8, 4) is 0 Å². The van der Waals surface area contributed by atoms with Gasteiger partial charge in [-0.15, -0.1) is 0 Å². The first-order valence-corrected chi connectivity index (χ1v) is 15.9. The number of alkyl halides is 7. The van der Waals surface area contributed by atoms with E-state index in [4.69, 9.17) is 11.6 Å². The van der Waals surface area contributed by atoms with Crippen molar-refractivity contribution in [2.24, 2.45) is 5.92 Å². The molecule has 2 unspecified atom stereocenters. The van der Waals surface area contributed by atoms with E-state index in [1.54, 1.807) is 0 Å². The monoisotopic (exact) mass is 645 g/mol. The Kier molecular flexibility index (Phi) is 7.34. The largest absolute Gasteiger partial charge is 0.435 e. The van der Waals surface area contributed by atoms with Gasteiger partial charge in [0.2, 0.25) is 5.91 Å². The average molecular weight is 646 g/mol. The summed E-state index contributed by atoms with van der Waals surface area (Å²) in [5.41, 5.74) is -7.71. The van der Waals surface area contributed by atoms with Crippen LogP contribution in [0.1, 0.15) is 36.0 Å². The summed E-state index contributed by atoms with van der Waals surface area (Å²) < 4.78 is 134. The van der Waals surface area contributed by atoms with E-state index in [0.29, 0.717) is 25.0 Å². The van der Waals surface area contributed by atoms with Gasteiger partial charge in [0, 0.05) is 45.4 Å². The van der Waals surface area contributed by atoms with Gasteiger partial charge in [0.05, 0.1) is 10.9 Å². The number of hydrogen-bond acceptors (Lipinski definition) is 4. The van der Waals surface area contributed by atoms with E-state index < -0.39 is 73.3 Å². The Balaban J connectivity index is 1.65. The third-order valence-electron chi connectivity index (χ3n) is 8.42. The van der Waals surface area contributed by atoms with Gasteiger partial charge in [0.1, 0.15) is 4.75 Å². The van der Waals surface area contributed by atoms with Gasteiger partial charge in [-0.3, -0.25) is 9.00 Å². The summed E-state index contributed by atoms with van der Waals surface area (Å²) in [4.78, 5) is 14.7. The smallest absolute Gasteiger partial charge is 0.337 e. The number of hydrogen-bond donors (Lipinski definition) is 0. The second-order valence-electron chi connectivity index (χ2n) is 10.5. The van der Waals surface area contributed by atoms with Gasteiger partial charge in [-0.25, -0.2) is 12.8 Å². The summed E-state index contributed by atoms with van der Waals surface area (Å²) in [6.45, 7) is -0.0325. The number of fused-ring (bicyclic) bond motifs is 3. The predicted octanol–water partition coefficient (Wildman–Crippen LogP) is 5.61. The highest BCUT2D eigenvalue weighted by Crippen LogP contribution is 2.57. The molecule has 0 aromatic heterocycles. The van der Waals surface area contributed by atoms with E-state index in [1.807, 2.05) is 0 Å². The number of carbonyl (C=O) groups excluding carboxylic acids is 1. The van der Waals surface area contributed by atoms with Gasteiger partial charge < -0.3 is 4.90 Å². The second-order valence-corrected chi connectivity index (χ2v) is 14.8. The minimum atomic E-state index is -6.34. The molecular weight excluding hydrogens is 623 g/mol. The fraction of sp³-hybridized carbons (Fsp3) is 0.500. The van der Waals surface area contributed by atoms with Crippen LogP contribution >= 0.6 is 11.6 Å². The van der Waals surface area contributed by atoms with Crippen LogP contribution in [0.25, 0.3) is 0 Å². The number of rotatable bonds is 4. The van der Waals surface area contributed by atoms with Crippen molar-refractivity contribution in [2.75, 3.05) is 18.1 Å². The van der Waals surface area contributed by atoms with Crippen LogP contribution < -0.4 is 0 Å². The van der Waals surface area contributed by atoms with Crippen LogP contribution in [0.4, 0.5) is 30.7 Å². The SMILES string of the molecule is O=C(C1CCS(=O)CC1)N1CCC2(S(=O)(=O)c3ccc(Cl)cc3)c3ccc(C(F)(C(F)(F)F)C(F)(F)F)cc3CC12. The minimum Gasteiger partial charge on any atom is -0.337 e. The van der Waals surface area contributed by atoms with Gasteiger partial charge in [-0.2, -0.15) is 26.3 Å². The normalized spacial score (nSPS) is 27.0. The van der Waals surface area contributed by atoms with Gasteiger partial charge in [0.25, 0.3) is 0 Å². The number of carbonyl (C=O) groups is 1. The molecule has 0 spiro atoms. The van der Waals surface area contributed by atoms with Crippen molar-refractivity contribution >= 4 is 38.1 Å². The molecule has 15 heteroatoms. The van der Waals surface area contributed by atoms with Crippen molar-refractivity contribution in [3.63, 3.8) is 0 Å². The van der Waals surface area contributed by atoms with E-state index in [1.165, 1.54) is 29.2 Å². The van der Waals surface area contributed by atoms with E-state index in [0.717, 1.165) is 6.07 Å². The van der Waals surface area contributed by atoms with E-state index in [9.17, 15) is 48.2 Å². The molecule has 41 heavy (non-hydrogen) atoms. The molecule has 2 aromatic carbocycles. The quantitative estimate of drug-likeness (QED) is 0.405. The first-order chi connectivity index (χ1) is 18.9. The van der Waals surface area contributed by atoms with Crippen LogP contribution in [-0.4, -0.2) is 59.9 Å². The molecule has 2 heterocycles. The molecule has 2 aromatic rings. The summed E-state index contributed by atoms with van der Waals surface area (Å²) >= 11 is 5.92. The zero-order valence-electron chi connectivity index (χ0n) is 21.1. The zero-order chi connectivity index (χ0) is 30.2. The molecule has 2 fully saturated rings. The predicted molar refractivity (Wildman–Crippen MR) is 136 cm³/mol. The number of amides is 1. The Morgan fingerprint density at radius 2 is 1.54 bits per heavy atom. The molecule has 0 radical (unpaired) electrons. The fourth-order valence-corrected chi connectivity index (χ4v) is 10.1. The van der Waals surface area contributed by atoms with Gasteiger partial charge in [0.15, 0.2) is 9.84 Å².